The Morgan fingerprint density at radius 3 is 2.62 bits per heavy atom. The molecule has 3 heterocycles. The van der Waals surface area contributed by atoms with E-state index in [1.807, 2.05) is 11.9 Å². The summed E-state index contributed by atoms with van der Waals surface area (Å²) in [5, 5.41) is 4.14. The number of likely N-dealkylation sites (tertiary alicyclic amines) is 1. The molecule has 0 bridgehead atoms. The first kappa shape index (κ1) is 20.1. The van der Waals surface area contributed by atoms with Crippen molar-refractivity contribution in [1.29, 1.82) is 0 Å². The molecule has 156 valence electrons. The Morgan fingerprint density at radius 1 is 1.28 bits per heavy atom. The van der Waals surface area contributed by atoms with E-state index < -0.39 is 0 Å². The second kappa shape index (κ2) is 8.28. The second-order valence-corrected chi connectivity index (χ2v) is 8.56. The molecule has 1 spiro atoms. The standard InChI is InChI=1S/C23H32N4O2/c1-4-25(2)20-14-21(18-8-6-5-7-9-18)29-23(15-20)10-12-27(13-11-23)22(28)19-16-24-26(3)17-19/h5-9,16-17,20-21H,4,10-15H2,1-3H3/t20-,21-/m0/s1. The highest BCUT2D eigenvalue weighted by Gasteiger charge is 2.45. The lowest BCUT2D eigenvalue weighted by molar-refractivity contribution is -0.170. The molecular formula is C23H32N4O2. The summed E-state index contributed by atoms with van der Waals surface area (Å²) in [6.07, 6.45) is 7.39. The SMILES string of the molecule is CCN(C)[C@H]1C[C@@H](c2ccccc2)OC2(CCN(C(=O)c3cnn(C)c3)CC2)C1. The van der Waals surface area contributed by atoms with E-state index in [1.165, 1.54) is 5.56 Å². The summed E-state index contributed by atoms with van der Waals surface area (Å²) >= 11 is 0. The van der Waals surface area contributed by atoms with Crippen LogP contribution in [0.4, 0.5) is 0 Å². The van der Waals surface area contributed by atoms with Gasteiger partial charge in [-0.05, 0) is 44.8 Å². The van der Waals surface area contributed by atoms with Crippen molar-refractivity contribution in [2.45, 2.75) is 50.4 Å². The van der Waals surface area contributed by atoms with Gasteiger partial charge >= 0.3 is 0 Å². The molecule has 29 heavy (non-hydrogen) atoms. The van der Waals surface area contributed by atoms with Crippen LogP contribution < -0.4 is 0 Å². The van der Waals surface area contributed by atoms with Gasteiger partial charge in [0.05, 0.1) is 23.5 Å². The van der Waals surface area contributed by atoms with Gasteiger partial charge in [-0.1, -0.05) is 37.3 Å². The summed E-state index contributed by atoms with van der Waals surface area (Å²) in [5.74, 6) is 0.0746. The highest BCUT2D eigenvalue weighted by molar-refractivity contribution is 5.93. The first-order valence-corrected chi connectivity index (χ1v) is 10.7. The van der Waals surface area contributed by atoms with Crippen LogP contribution in [-0.4, -0.2) is 63.8 Å². The topological polar surface area (TPSA) is 50.6 Å². The Balaban J connectivity index is 1.49. The monoisotopic (exact) mass is 396 g/mol. The second-order valence-electron chi connectivity index (χ2n) is 8.56. The molecule has 2 aliphatic rings. The van der Waals surface area contributed by atoms with Crippen LogP contribution in [0.1, 0.15) is 54.6 Å². The maximum absolute atomic E-state index is 12.8. The fraction of sp³-hybridized carbons (Fsp3) is 0.565. The average Bonchev–Trinajstić information content (AvgIpc) is 3.20. The molecule has 0 unspecified atom stereocenters. The lowest BCUT2D eigenvalue weighted by atomic mass is 9.79. The largest absolute Gasteiger partial charge is 0.367 e. The van der Waals surface area contributed by atoms with Gasteiger partial charge in [0.15, 0.2) is 0 Å². The number of hydrogen-bond donors (Lipinski definition) is 0. The molecule has 0 saturated carbocycles. The Hall–Kier alpha value is -2.18. The molecule has 0 radical (unpaired) electrons. The normalized spacial score (nSPS) is 24.2. The fourth-order valence-electron chi connectivity index (χ4n) is 4.78. The van der Waals surface area contributed by atoms with Crippen molar-refractivity contribution in [1.82, 2.24) is 19.6 Å². The van der Waals surface area contributed by atoms with Crippen LogP contribution in [0, 0.1) is 0 Å². The maximum Gasteiger partial charge on any atom is 0.257 e. The lowest BCUT2D eigenvalue weighted by Gasteiger charge is -2.50. The number of piperidine rings is 1. The number of hydrogen-bond acceptors (Lipinski definition) is 4. The molecule has 6 nitrogen and oxygen atoms in total. The van der Waals surface area contributed by atoms with E-state index in [0.717, 1.165) is 45.3 Å². The number of carbonyl (C=O) groups excluding carboxylic acids is 1. The molecule has 6 heteroatoms. The van der Waals surface area contributed by atoms with Gasteiger partial charge in [0, 0.05) is 32.4 Å². The molecule has 2 fully saturated rings. The number of benzene rings is 1. The van der Waals surface area contributed by atoms with Crippen LogP contribution in [-0.2, 0) is 11.8 Å². The van der Waals surface area contributed by atoms with E-state index in [2.05, 4.69) is 54.3 Å². The lowest BCUT2D eigenvalue weighted by Crippen LogP contribution is -2.54. The van der Waals surface area contributed by atoms with Gasteiger partial charge < -0.3 is 14.5 Å². The quantitative estimate of drug-likeness (QED) is 0.796. The Morgan fingerprint density at radius 2 is 2.00 bits per heavy atom. The number of ether oxygens (including phenoxy) is 1. The first-order valence-electron chi connectivity index (χ1n) is 10.7. The molecule has 0 aliphatic carbocycles. The smallest absolute Gasteiger partial charge is 0.257 e. The minimum atomic E-state index is -0.154. The zero-order chi connectivity index (χ0) is 20.4. The van der Waals surface area contributed by atoms with Crippen LogP contribution >= 0.6 is 0 Å². The van der Waals surface area contributed by atoms with Gasteiger partial charge in [0.1, 0.15) is 0 Å². The zero-order valence-electron chi connectivity index (χ0n) is 17.8. The van der Waals surface area contributed by atoms with Gasteiger partial charge in [-0.15, -0.1) is 0 Å². The minimum absolute atomic E-state index is 0.0746. The van der Waals surface area contributed by atoms with E-state index in [1.54, 1.807) is 17.1 Å². The Kier molecular flexibility index (Phi) is 5.74. The minimum Gasteiger partial charge on any atom is -0.367 e. The fourth-order valence-corrected chi connectivity index (χ4v) is 4.78. The molecule has 2 aromatic rings. The van der Waals surface area contributed by atoms with Gasteiger partial charge in [-0.3, -0.25) is 9.48 Å². The molecule has 1 aromatic heterocycles. The van der Waals surface area contributed by atoms with E-state index in [-0.39, 0.29) is 17.6 Å². The highest BCUT2D eigenvalue weighted by Crippen LogP contribution is 2.44. The Labute approximate surface area is 173 Å². The zero-order valence-corrected chi connectivity index (χ0v) is 17.8. The predicted molar refractivity (Wildman–Crippen MR) is 113 cm³/mol. The van der Waals surface area contributed by atoms with Crippen LogP contribution in [0.2, 0.25) is 0 Å². The van der Waals surface area contributed by atoms with Crippen molar-refractivity contribution in [3.05, 3.63) is 53.9 Å². The molecule has 4 rings (SSSR count). The van der Waals surface area contributed by atoms with Gasteiger partial charge in [-0.25, -0.2) is 0 Å². The summed E-state index contributed by atoms with van der Waals surface area (Å²) in [6, 6.07) is 11.1. The number of aromatic nitrogens is 2. The van der Waals surface area contributed by atoms with Crippen molar-refractivity contribution >= 4 is 5.91 Å². The molecule has 2 atom stereocenters. The van der Waals surface area contributed by atoms with Crippen molar-refractivity contribution < 1.29 is 9.53 Å². The summed E-state index contributed by atoms with van der Waals surface area (Å²) in [4.78, 5) is 17.2. The van der Waals surface area contributed by atoms with Crippen LogP contribution in [0.3, 0.4) is 0 Å². The van der Waals surface area contributed by atoms with Crippen LogP contribution in [0.15, 0.2) is 42.7 Å². The average molecular weight is 397 g/mol. The van der Waals surface area contributed by atoms with E-state index in [0.29, 0.717) is 11.6 Å². The number of rotatable bonds is 4. The maximum atomic E-state index is 12.8. The molecule has 2 aliphatic heterocycles. The van der Waals surface area contributed by atoms with Gasteiger partial charge in [-0.2, -0.15) is 5.10 Å². The molecule has 0 N–H and O–H groups in total. The van der Waals surface area contributed by atoms with Crippen LogP contribution in [0.5, 0.6) is 0 Å². The van der Waals surface area contributed by atoms with Crippen molar-refractivity contribution in [3.63, 3.8) is 0 Å². The molecule has 1 aromatic carbocycles. The highest BCUT2D eigenvalue weighted by atomic mass is 16.5. The van der Waals surface area contributed by atoms with E-state index in [9.17, 15) is 4.79 Å². The number of carbonyl (C=O) groups is 1. The number of amides is 1. The van der Waals surface area contributed by atoms with E-state index in [4.69, 9.17) is 4.74 Å². The third-order valence-electron chi connectivity index (χ3n) is 6.69. The predicted octanol–water partition coefficient (Wildman–Crippen LogP) is 3.27. The van der Waals surface area contributed by atoms with E-state index >= 15 is 0 Å². The van der Waals surface area contributed by atoms with Gasteiger partial charge in [0.2, 0.25) is 0 Å². The molecule has 1 amide bonds. The number of aryl methyl sites for hydroxylation is 1. The summed E-state index contributed by atoms with van der Waals surface area (Å²) in [6.45, 7) is 4.72. The van der Waals surface area contributed by atoms with Gasteiger partial charge in [0.25, 0.3) is 5.91 Å². The summed E-state index contributed by atoms with van der Waals surface area (Å²) in [5.41, 5.74) is 1.77. The Bertz CT molecular complexity index is 826. The molecule has 2 saturated heterocycles. The molecular weight excluding hydrogens is 364 g/mol. The summed E-state index contributed by atoms with van der Waals surface area (Å²) < 4.78 is 8.46. The van der Waals surface area contributed by atoms with Crippen molar-refractivity contribution in [2.75, 3.05) is 26.7 Å². The third-order valence-corrected chi connectivity index (χ3v) is 6.69. The first-order chi connectivity index (χ1) is 14.0. The summed E-state index contributed by atoms with van der Waals surface area (Å²) in [7, 11) is 4.05. The third kappa shape index (κ3) is 4.23. The van der Waals surface area contributed by atoms with Crippen LogP contribution in [0.25, 0.3) is 0 Å². The number of nitrogens with zero attached hydrogens (tertiary/aromatic N) is 4. The van der Waals surface area contributed by atoms with Crippen molar-refractivity contribution in [2.24, 2.45) is 7.05 Å². The van der Waals surface area contributed by atoms with Crippen molar-refractivity contribution in [3.8, 4) is 0 Å².